The van der Waals surface area contributed by atoms with Gasteiger partial charge in [0, 0.05) is 16.6 Å². The fourth-order valence-corrected chi connectivity index (χ4v) is 1.81. The number of halogens is 1. The SMILES string of the molecule is C[C@@H](CCO)[C@H](O)c1cc(Br)ccc1O. The van der Waals surface area contributed by atoms with Gasteiger partial charge in [-0.3, -0.25) is 0 Å². The third-order valence-electron chi connectivity index (χ3n) is 2.43. The topological polar surface area (TPSA) is 60.7 Å². The molecule has 0 fully saturated rings. The summed E-state index contributed by atoms with van der Waals surface area (Å²) >= 11 is 3.28. The van der Waals surface area contributed by atoms with Crippen molar-refractivity contribution in [3.8, 4) is 5.75 Å². The zero-order valence-electron chi connectivity index (χ0n) is 8.52. The molecule has 1 aromatic carbocycles. The standard InChI is InChI=1S/C11H15BrO3/c1-7(4-5-13)11(15)9-6-8(12)2-3-10(9)14/h2-3,6-7,11,13-15H,4-5H2,1H3/t7-,11-/m0/s1. The van der Waals surface area contributed by atoms with Gasteiger partial charge in [-0.15, -0.1) is 0 Å². The summed E-state index contributed by atoms with van der Waals surface area (Å²) in [7, 11) is 0. The van der Waals surface area contributed by atoms with Crippen LogP contribution in [0.2, 0.25) is 0 Å². The van der Waals surface area contributed by atoms with Gasteiger partial charge in [-0.25, -0.2) is 0 Å². The Labute approximate surface area is 97.5 Å². The molecule has 15 heavy (non-hydrogen) atoms. The Balaban J connectivity index is 2.89. The first-order chi connectivity index (χ1) is 7.06. The maximum Gasteiger partial charge on any atom is 0.121 e. The van der Waals surface area contributed by atoms with Crippen molar-refractivity contribution in [3.63, 3.8) is 0 Å². The minimum Gasteiger partial charge on any atom is -0.508 e. The molecule has 0 aromatic heterocycles. The molecule has 0 saturated heterocycles. The highest BCUT2D eigenvalue weighted by molar-refractivity contribution is 9.10. The van der Waals surface area contributed by atoms with E-state index in [2.05, 4.69) is 15.9 Å². The molecule has 1 rings (SSSR count). The molecule has 2 atom stereocenters. The van der Waals surface area contributed by atoms with E-state index < -0.39 is 6.10 Å². The van der Waals surface area contributed by atoms with Crippen LogP contribution in [0, 0.1) is 5.92 Å². The molecule has 0 aliphatic rings. The lowest BCUT2D eigenvalue weighted by atomic mass is 9.94. The predicted molar refractivity (Wildman–Crippen MR) is 61.6 cm³/mol. The second kappa shape index (κ2) is 5.49. The number of phenolic OH excluding ortho intramolecular Hbond substituents is 1. The van der Waals surface area contributed by atoms with Gasteiger partial charge in [0.1, 0.15) is 5.75 Å². The first kappa shape index (κ1) is 12.5. The Morgan fingerprint density at radius 1 is 1.40 bits per heavy atom. The monoisotopic (exact) mass is 274 g/mol. The van der Waals surface area contributed by atoms with Crippen LogP contribution in [-0.2, 0) is 0 Å². The van der Waals surface area contributed by atoms with E-state index in [4.69, 9.17) is 5.11 Å². The number of aromatic hydroxyl groups is 1. The molecule has 0 unspecified atom stereocenters. The molecular weight excluding hydrogens is 260 g/mol. The summed E-state index contributed by atoms with van der Waals surface area (Å²) < 4.78 is 0.811. The van der Waals surface area contributed by atoms with Gasteiger partial charge in [0.2, 0.25) is 0 Å². The van der Waals surface area contributed by atoms with Crippen LogP contribution in [0.25, 0.3) is 0 Å². The summed E-state index contributed by atoms with van der Waals surface area (Å²) in [5.74, 6) is -0.00862. The lowest BCUT2D eigenvalue weighted by Gasteiger charge is -2.19. The molecular formula is C11H15BrO3. The average molecular weight is 275 g/mol. The summed E-state index contributed by atoms with van der Waals surface area (Å²) in [5, 5.41) is 28.3. The van der Waals surface area contributed by atoms with Crippen molar-refractivity contribution < 1.29 is 15.3 Å². The highest BCUT2D eigenvalue weighted by Gasteiger charge is 2.19. The van der Waals surface area contributed by atoms with Gasteiger partial charge in [-0.1, -0.05) is 22.9 Å². The van der Waals surface area contributed by atoms with Gasteiger partial charge in [0.05, 0.1) is 6.10 Å². The summed E-state index contributed by atoms with van der Waals surface area (Å²) in [4.78, 5) is 0. The highest BCUT2D eigenvalue weighted by atomic mass is 79.9. The Kier molecular flexibility index (Phi) is 4.57. The van der Waals surface area contributed by atoms with Crippen LogP contribution < -0.4 is 0 Å². The first-order valence-electron chi connectivity index (χ1n) is 4.83. The zero-order chi connectivity index (χ0) is 11.4. The number of phenols is 1. The van der Waals surface area contributed by atoms with Crippen LogP contribution in [0.3, 0.4) is 0 Å². The van der Waals surface area contributed by atoms with Crippen molar-refractivity contribution in [2.75, 3.05) is 6.61 Å². The number of hydrogen-bond donors (Lipinski definition) is 3. The molecule has 0 bridgehead atoms. The van der Waals surface area contributed by atoms with Crippen LogP contribution in [0.1, 0.15) is 25.0 Å². The largest absolute Gasteiger partial charge is 0.508 e. The highest BCUT2D eigenvalue weighted by Crippen LogP contribution is 2.32. The zero-order valence-corrected chi connectivity index (χ0v) is 10.1. The van der Waals surface area contributed by atoms with Crippen LogP contribution in [-0.4, -0.2) is 21.9 Å². The van der Waals surface area contributed by atoms with Crippen molar-refractivity contribution in [2.24, 2.45) is 5.92 Å². The van der Waals surface area contributed by atoms with E-state index in [9.17, 15) is 10.2 Å². The molecule has 0 saturated carbocycles. The molecule has 0 spiro atoms. The lowest BCUT2D eigenvalue weighted by Crippen LogP contribution is -2.11. The summed E-state index contributed by atoms with van der Waals surface area (Å²) in [6.45, 7) is 1.87. The van der Waals surface area contributed by atoms with Crippen molar-refractivity contribution in [1.29, 1.82) is 0 Å². The van der Waals surface area contributed by atoms with Crippen LogP contribution >= 0.6 is 15.9 Å². The molecule has 0 radical (unpaired) electrons. The Morgan fingerprint density at radius 3 is 2.67 bits per heavy atom. The van der Waals surface area contributed by atoms with E-state index in [1.807, 2.05) is 6.92 Å². The minimum absolute atomic E-state index is 0.0347. The fourth-order valence-electron chi connectivity index (χ4n) is 1.43. The van der Waals surface area contributed by atoms with Crippen molar-refractivity contribution in [3.05, 3.63) is 28.2 Å². The summed E-state index contributed by atoms with van der Waals surface area (Å²) in [6, 6.07) is 4.93. The molecule has 4 heteroatoms. The molecule has 0 aliphatic carbocycles. The van der Waals surface area contributed by atoms with E-state index in [1.165, 1.54) is 6.07 Å². The second-order valence-corrected chi connectivity index (χ2v) is 4.55. The number of rotatable bonds is 4. The van der Waals surface area contributed by atoms with Crippen molar-refractivity contribution in [2.45, 2.75) is 19.4 Å². The molecule has 3 N–H and O–H groups in total. The summed E-state index contributed by atoms with van der Waals surface area (Å²) in [5.41, 5.74) is 0.491. The summed E-state index contributed by atoms with van der Waals surface area (Å²) in [6.07, 6.45) is -0.248. The Hall–Kier alpha value is -0.580. The van der Waals surface area contributed by atoms with Gasteiger partial charge in [-0.2, -0.15) is 0 Å². The van der Waals surface area contributed by atoms with Crippen LogP contribution in [0.15, 0.2) is 22.7 Å². The first-order valence-corrected chi connectivity index (χ1v) is 5.63. The van der Waals surface area contributed by atoms with Gasteiger partial charge >= 0.3 is 0 Å². The Bertz CT molecular complexity index is 328. The normalized spacial score (nSPS) is 14.9. The molecule has 3 nitrogen and oxygen atoms in total. The van der Waals surface area contributed by atoms with Crippen molar-refractivity contribution >= 4 is 15.9 Å². The molecule has 84 valence electrons. The number of hydrogen-bond acceptors (Lipinski definition) is 3. The van der Waals surface area contributed by atoms with Crippen LogP contribution in [0.4, 0.5) is 0 Å². The quantitative estimate of drug-likeness (QED) is 0.789. The third-order valence-corrected chi connectivity index (χ3v) is 2.92. The maximum absolute atomic E-state index is 9.93. The fraction of sp³-hybridized carbons (Fsp3) is 0.455. The van der Waals surface area contributed by atoms with E-state index in [-0.39, 0.29) is 18.3 Å². The second-order valence-electron chi connectivity index (χ2n) is 3.64. The minimum atomic E-state index is -0.755. The average Bonchev–Trinajstić information content (AvgIpc) is 2.21. The lowest BCUT2D eigenvalue weighted by molar-refractivity contribution is 0.0966. The maximum atomic E-state index is 9.93. The smallest absolute Gasteiger partial charge is 0.121 e. The van der Waals surface area contributed by atoms with Gasteiger partial charge < -0.3 is 15.3 Å². The van der Waals surface area contributed by atoms with Crippen LogP contribution in [0.5, 0.6) is 5.75 Å². The van der Waals surface area contributed by atoms with Gasteiger partial charge in [-0.05, 0) is 30.5 Å². The van der Waals surface area contributed by atoms with Gasteiger partial charge in [0.25, 0.3) is 0 Å². The molecule has 0 aliphatic heterocycles. The molecule has 0 heterocycles. The van der Waals surface area contributed by atoms with Crippen molar-refractivity contribution in [1.82, 2.24) is 0 Å². The number of aliphatic hydroxyl groups excluding tert-OH is 2. The Morgan fingerprint density at radius 2 is 2.07 bits per heavy atom. The predicted octanol–water partition coefficient (Wildman–Crippen LogP) is 2.21. The van der Waals surface area contributed by atoms with E-state index in [0.717, 1.165) is 4.47 Å². The van der Waals surface area contributed by atoms with Gasteiger partial charge in [0.15, 0.2) is 0 Å². The number of aliphatic hydroxyl groups is 2. The van der Waals surface area contributed by atoms with E-state index in [1.54, 1.807) is 12.1 Å². The number of benzene rings is 1. The third kappa shape index (κ3) is 3.19. The van der Waals surface area contributed by atoms with E-state index in [0.29, 0.717) is 12.0 Å². The van der Waals surface area contributed by atoms with E-state index >= 15 is 0 Å². The molecule has 0 amide bonds. The molecule has 1 aromatic rings.